The van der Waals surface area contributed by atoms with Crippen LogP contribution in [0.4, 0.5) is 0 Å². The van der Waals surface area contributed by atoms with Crippen molar-refractivity contribution in [3.8, 4) is 5.75 Å². The van der Waals surface area contributed by atoms with E-state index in [4.69, 9.17) is 4.74 Å². The van der Waals surface area contributed by atoms with Gasteiger partial charge in [-0.2, -0.15) is 0 Å². The van der Waals surface area contributed by atoms with Gasteiger partial charge in [-0.25, -0.2) is 0 Å². The van der Waals surface area contributed by atoms with Crippen molar-refractivity contribution in [3.05, 3.63) is 65.2 Å². The average Bonchev–Trinajstić information content (AvgIpc) is 2.46. The Kier molecular flexibility index (Phi) is 3.92. The monoisotopic (exact) mass is 238 g/mol. The summed E-state index contributed by atoms with van der Waals surface area (Å²) in [6, 6.07) is 15.3. The second-order valence-electron chi connectivity index (χ2n) is 3.89. The Balaban J connectivity index is 2.10. The van der Waals surface area contributed by atoms with Crippen molar-refractivity contribution in [2.24, 2.45) is 0 Å². The summed E-state index contributed by atoms with van der Waals surface area (Å²) < 4.78 is 5.10. The minimum atomic E-state index is 0.691. The average molecular weight is 238 g/mol. The number of hydrogen-bond donors (Lipinski definition) is 0. The first-order chi connectivity index (χ1) is 8.81. The summed E-state index contributed by atoms with van der Waals surface area (Å²) in [6.45, 7) is 0. The molecule has 90 valence electrons. The van der Waals surface area contributed by atoms with E-state index in [1.54, 1.807) is 19.2 Å². The van der Waals surface area contributed by atoms with Crippen molar-refractivity contribution < 1.29 is 9.53 Å². The van der Waals surface area contributed by atoms with Gasteiger partial charge in [0, 0.05) is 5.56 Å². The van der Waals surface area contributed by atoms with E-state index >= 15 is 0 Å². The van der Waals surface area contributed by atoms with Crippen LogP contribution in [0.3, 0.4) is 0 Å². The van der Waals surface area contributed by atoms with E-state index in [2.05, 4.69) is 0 Å². The maximum absolute atomic E-state index is 10.5. The van der Waals surface area contributed by atoms with E-state index in [1.807, 2.05) is 48.6 Å². The molecule has 0 bridgehead atoms. The number of carbonyl (C=O) groups is 1. The number of rotatable bonds is 4. The molecule has 0 radical (unpaired) electrons. The summed E-state index contributed by atoms with van der Waals surface area (Å²) in [5.41, 5.74) is 2.86. The Hall–Kier alpha value is -2.35. The molecule has 0 amide bonds. The quantitative estimate of drug-likeness (QED) is 0.600. The van der Waals surface area contributed by atoms with E-state index in [-0.39, 0.29) is 0 Å². The zero-order valence-electron chi connectivity index (χ0n) is 10.2. The van der Waals surface area contributed by atoms with Crippen molar-refractivity contribution in [1.29, 1.82) is 0 Å². The maximum atomic E-state index is 10.5. The van der Waals surface area contributed by atoms with Crippen LogP contribution in [0.15, 0.2) is 48.5 Å². The number of benzene rings is 2. The highest BCUT2D eigenvalue weighted by Crippen LogP contribution is 2.14. The summed E-state index contributed by atoms with van der Waals surface area (Å²) in [6.07, 6.45) is 4.88. The normalized spacial score (nSPS) is 10.5. The Bertz CT molecular complexity index is 536. The third-order valence-electron chi connectivity index (χ3n) is 2.66. The lowest BCUT2D eigenvalue weighted by molar-refractivity contribution is 0.112. The van der Waals surface area contributed by atoms with Gasteiger partial charge >= 0.3 is 0 Å². The smallest absolute Gasteiger partial charge is 0.150 e. The Morgan fingerprint density at radius 3 is 1.67 bits per heavy atom. The topological polar surface area (TPSA) is 26.3 Å². The zero-order chi connectivity index (χ0) is 12.8. The van der Waals surface area contributed by atoms with Crippen LogP contribution in [0.25, 0.3) is 12.2 Å². The van der Waals surface area contributed by atoms with E-state index in [9.17, 15) is 4.79 Å². The number of ether oxygens (including phenoxy) is 1. The third-order valence-corrected chi connectivity index (χ3v) is 2.66. The van der Waals surface area contributed by atoms with Crippen LogP contribution < -0.4 is 4.74 Å². The van der Waals surface area contributed by atoms with Crippen LogP contribution in [-0.2, 0) is 0 Å². The van der Waals surface area contributed by atoms with Crippen molar-refractivity contribution in [2.75, 3.05) is 7.11 Å². The molecule has 0 aromatic heterocycles. The summed E-state index contributed by atoms with van der Waals surface area (Å²) in [4.78, 5) is 10.5. The van der Waals surface area contributed by atoms with Crippen LogP contribution in [-0.4, -0.2) is 13.4 Å². The largest absolute Gasteiger partial charge is 0.497 e. The predicted molar refractivity (Wildman–Crippen MR) is 73.8 cm³/mol. The highest BCUT2D eigenvalue weighted by Gasteiger charge is 1.92. The molecular weight excluding hydrogens is 224 g/mol. The third kappa shape index (κ3) is 3.08. The molecular formula is C16H14O2. The Morgan fingerprint density at radius 1 is 0.778 bits per heavy atom. The molecule has 2 aromatic carbocycles. The van der Waals surface area contributed by atoms with Crippen LogP contribution in [0.5, 0.6) is 5.75 Å². The molecule has 0 atom stereocenters. The number of carbonyl (C=O) groups excluding carboxylic acids is 1. The van der Waals surface area contributed by atoms with Crippen LogP contribution in [0, 0.1) is 0 Å². The van der Waals surface area contributed by atoms with Gasteiger partial charge in [-0.1, -0.05) is 48.6 Å². The highest BCUT2D eigenvalue weighted by atomic mass is 16.5. The first-order valence-corrected chi connectivity index (χ1v) is 5.69. The van der Waals surface area contributed by atoms with Crippen molar-refractivity contribution in [1.82, 2.24) is 0 Å². The van der Waals surface area contributed by atoms with Crippen molar-refractivity contribution in [2.45, 2.75) is 0 Å². The maximum Gasteiger partial charge on any atom is 0.150 e. The Labute approximate surface area is 107 Å². The van der Waals surface area contributed by atoms with Gasteiger partial charge in [0.15, 0.2) is 0 Å². The second kappa shape index (κ2) is 5.82. The van der Waals surface area contributed by atoms with Gasteiger partial charge in [0.25, 0.3) is 0 Å². The van der Waals surface area contributed by atoms with Gasteiger partial charge in [-0.05, 0) is 23.3 Å². The summed E-state index contributed by atoms with van der Waals surface area (Å²) >= 11 is 0. The van der Waals surface area contributed by atoms with E-state index in [1.165, 1.54) is 0 Å². The molecule has 0 aliphatic carbocycles. The second-order valence-corrected chi connectivity index (χ2v) is 3.89. The first-order valence-electron chi connectivity index (χ1n) is 5.69. The lowest BCUT2D eigenvalue weighted by Gasteiger charge is -1.99. The molecule has 0 spiro atoms. The van der Waals surface area contributed by atoms with E-state index < -0.39 is 0 Å². The van der Waals surface area contributed by atoms with Crippen molar-refractivity contribution >= 4 is 18.4 Å². The molecule has 0 aliphatic heterocycles. The SMILES string of the molecule is COc1ccc(/C=C/c2ccc(C=O)cc2)cc1. The van der Waals surface area contributed by atoms with Gasteiger partial charge in [0.05, 0.1) is 7.11 Å². The zero-order valence-corrected chi connectivity index (χ0v) is 10.2. The fraction of sp³-hybridized carbons (Fsp3) is 0.0625. The van der Waals surface area contributed by atoms with E-state index in [0.717, 1.165) is 23.2 Å². The molecule has 0 unspecified atom stereocenters. The van der Waals surface area contributed by atoms with Gasteiger partial charge in [-0.15, -0.1) is 0 Å². The fourth-order valence-corrected chi connectivity index (χ4v) is 1.59. The number of methoxy groups -OCH3 is 1. The molecule has 0 heterocycles. The van der Waals surface area contributed by atoms with Gasteiger partial charge in [0.1, 0.15) is 12.0 Å². The van der Waals surface area contributed by atoms with Crippen LogP contribution in [0.1, 0.15) is 21.5 Å². The van der Waals surface area contributed by atoms with Gasteiger partial charge < -0.3 is 4.74 Å². The molecule has 0 N–H and O–H groups in total. The standard InChI is InChI=1S/C16H14O2/c1-18-16-10-8-14(9-11-16)3-2-13-4-6-15(12-17)7-5-13/h2-12H,1H3/b3-2+. The summed E-state index contributed by atoms with van der Waals surface area (Å²) in [5, 5.41) is 0. The molecule has 18 heavy (non-hydrogen) atoms. The van der Waals surface area contributed by atoms with Crippen LogP contribution >= 0.6 is 0 Å². The minimum absolute atomic E-state index is 0.691. The first kappa shape index (κ1) is 12.1. The molecule has 2 heteroatoms. The number of hydrogen-bond acceptors (Lipinski definition) is 2. The van der Waals surface area contributed by atoms with Gasteiger partial charge in [-0.3, -0.25) is 4.79 Å². The summed E-state index contributed by atoms with van der Waals surface area (Å²) in [5.74, 6) is 0.850. The molecule has 0 aliphatic rings. The molecule has 0 saturated carbocycles. The van der Waals surface area contributed by atoms with Crippen molar-refractivity contribution in [3.63, 3.8) is 0 Å². The van der Waals surface area contributed by atoms with Gasteiger partial charge in [0.2, 0.25) is 0 Å². The summed E-state index contributed by atoms with van der Waals surface area (Å²) in [7, 11) is 1.65. The van der Waals surface area contributed by atoms with E-state index in [0.29, 0.717) is 5.56 Å². The molecule has 2 rings (SSSR count). The molecule has 0 saturated heterocycles. The predicted octanol–water partition coefficient (Wildman–Crippen LogP) is 3.68. The molecule has 0 fully saturated rings. The lowest BCUT2D eigenvalue weighted by Crippen LogP contribution is -1.81. The Morgan fingerprint density at radius 2 is 1.22 bits per heavy atom. The lowest BCUT2D eigenvalue weighted by atomic mass is 10.1. The minimum Gasteiger partial charge on any atom is -0.497 e. The molecule has 2 aromatic rings. The fourth-order valence-electron chi connectivity index (χ4n) is 1.59. The number of aldehydes is 1. The molecule has 2 nitrogen and oxygen atoms in total. The highest BCUT2D eigenvalue weighted by molar-refractivity contribution is 5.76. The van der Waals surface area contributed by atoms with Crippen LogP contribution in [0.2, 0.25) is 0 Å².